The second kappa shape index (κ2) is 9.13. The van der Waals surface area contributed by atoms with Crippen molar-refractivity contribution in [1.29, 1.82) is 0 Å². The molecule has 2 heterocycles. The van der Waals surface area contributed by atoms with Crippen molar-refractivity contribution in [1.82, 2.24) is 10.3 Å². The van der Waals surface area contributed by atoms with Gasteiger partial charge in [0.2, 0.25) is 5.88 Å². The summed E-state index contributed by atoms with van der Waals surface area (Å²) in [4.78, 5) is 28.9. The number of benzene rings is 2. The minimum Gasteiger partial charge on any atom is -0.494 e. The average molecular weight is 416 g/mol. The van der Waals surface area contributed by atoms with Crippen LogP contribution in [0.4, 0.5) is 0 Å². The molecule has 1 amide bonds. The van der Waals surface area contributed by atoms with Gasteiger partial charge in [0.15, 0.2) is 0 Å². The molecule has 2 aromatic carbocycles. The molecular weight excluding hydrogens is 396 g/mol. The Bertz CT molecular complexity index is 1260. The molecule has 0 saturated heterocycles. The van der Waals surface area contributed by atoms with Crippen LogP contribution in [-0.4, -0.2) is 17.5 Å². The third-order valence-electron chi connectivity index (χ3n) is 4.50. The van der Waals surface area contributed by atoms with Crippen LogP contribution >= 0.6 is 0 Å². The van der Waals surface area contributed by atoms with Crippen LogP contribution in [-0.2, 0) is 6.54 Å². The Morgan fingerprint density at radius 1 is 1.03 bits per heavy atom. The van der Waals surface area contributed by atoms with Gasteiger partial charge in [0.25, 0.3) is 5.91 Å². The molecule has 0 aliphatic carbocycles. The topological polar surface area (TPSA) is 90.7 Å². The van der Waals surface area contributed by atoms with E-state index < -0.39 is 11.5 Å². The number of carbonyl (C=O) groups excluding carboxylic acids is 1. The normalized spacial score (nSPS) is 10.6. The first-order chi connectivity index (χ1) is 15.1. The van der Waals surface area contributed by atoms with Crippen molar-refractivity contribution in [3.63, 3.8) is 0 Å². The standard InChI is InChI=1S/C24H20N2O5/c1-2-29-18-7-9-19(10-8-18)30-22-13-16(11-12-25-22)15-26-23(27)20-14-17-5-3-4-6-21(17)31-24(20)28/h3-14H,2,15H2,1H3,(H,26,27). The zero-order valence-corrected chi connectivity index (χ0v) is 16.8. The van der Waals surface area contributed by atoms with Gasteiger partial charge in [0, 0.05) is 24.2 Å². The molecule has 0 aliphatic heterocycles. The number of aromatic nitrogens is 1. The van der Waals surface area contributed by atoms with Crippen LogP contribution in [0.1, 0.15) is 22.8 Å². The number of rotatable bonds is 7. The van der Waals surface area contributed by atoms with E-state index in [1.54, 1.807) is 48.7 Å². The molecule has 0 spiro atoms. The number of amides is 1. The quantitative estimate of drug-likeness (QED) is 0.452. The fourth-order valence-corrected chi connectivity index (χ4v) is 3.01. The smallest absolute Gasteiger partial charge is 0.349 e. The van der Waals surface area contributed by atoms with Gasteiger partial charge in [0.1, 0.15) is 22.6 Å². The van der Waals surface area contributed by atoms with Crippen molar-refractivity contribution in [2.45, 2.75) is 13.5 Å². The number of hydrogen-bond donors (Lipinski definition) is 1. The third kappa shape index (κ3) is 4.90. The van der Waals surface area contributed by atoms with Gasteiger partial charge in [-0.3, -0.25) is 4.79 Å². The SMILES string of the molecule is CCOc1ccc(Oc2cc(CNC(=O)c3cc4ccccc4oc3=O)ccn2)cc1. The van der Waals surface area contributed by atoms with Gasteiger partial charge in [-0.25, -0.2) is 9.78 Å². The number of pyridine rings is 1. The van der Waals surface area contributed by atoms with Gasteiger partial charge in [0.05, 0.1) is 6.61 Å². The summed E-state index contributed by atoms with van der Waals surface area (Å²) in [5, 5.41) is 3.42. The maximum absolute atomic E-state index is 12.5. The van der Waals surface area contributed by atoms with Gasteiger partial charge >= 0.3 is 5.63 Å². The van der Waals surface area contributed by atoms with E-state index in [4.69, 9.17) is 13.9 Å². The van der Waals surface area contributed by atoms with Gasteiger partial charge in [-0.1, -0.05) is 18.2 Å². The maximum Gasteiger partial charge on any atom is 0.349 e. The highest BCUT2D eigenvalue weighted by Gasteiger charge is 2.13. The van der Waals surface area contributed by atoms with Crippen LogP contribution in [0.2, 0.25) is 0 Å². The molecule has 0 saturated carbocycles. The Balaban J connectivity index is 1.42. The molecule has 7 nitrogen and oxygen atoms in total. The molecular formula is C24H20N2O5. The van der Waals surface area contributed by atoms with Crippen LogP contribution in [0.15, 0.2) is 82.1 Å². The molecule has 0 unspecified atom stereocenters. The summed E-state index contributed by atoms with van der Waals surface area (Å²) in [5.41, 5.74) is 0.493. The summed E-state index contributed by atoms with van der Waals surface area (Å²) in [6, 6.07) is 19.3. The Morgan fingerprint density at radius 3 is 2.61 bits per heavy atom. The predicted octanol–water partition coefficient (Wildman–Crippen LogP) is 4.31. The summed E-state index contributed by atoms with van der Waals surface area (Å²) < 4.78 is 16.4. The first kappa shape index (κ1) is 20.2. The summed E-state index contributed by atoms with van der Waals surface area (Å²) >= 11 is 0. The Morgan fingerprint density at radius 2 is 1.81 bits per heavy atom. The van der Waals surface area contributed by atoms with Crippen LogP contribution in [0.3, 0.4) is 0 Å². The monoisotopic (exact) mass is 416 g/mol. The molecule has 0 fully saturated rings. The molecule has 4 aromatic rings. The summed E-state index contributed by atoms with van der Waals surface area (Å²) in [6.07, 6.45) is 1.59. The molecule has 0 radical (unpaired) electrons. The van der Waals surface area contributed by atoms with Crippen molar-refractivity contribution in [2.24, 2.45) is 0 Å². The molecule has 4 rings (SSSR count). The summed E-state index contributed by atoms with van der Waals surface area (Å²) in [5.74, 6) is 1.26. The molecule has 7 heteroatoms. The van der Waals surface area contributed by atoms with Crippen LogP contribution in [0.25, 0.3) is 11.0 Å². The average Bonchev–Trinajstić information content (AvgIpc) is 2.79. The zero-order valence-electron chi connectivity index (χ0n) is 16.8. The highest BCUT2D eigenvalue weighted by molar-refractivity contribution is 5.96. The van der Waals surface area contributed by atoms with Crippen LogP contribution in [0, 0.1) is 0 Å². The Kier molecular flexibility index (Phi) is 5.93. The van der Waals surface area contributed by atoms with Crippen molar-refractivity contribution in [3.05, 3.63) is 94.5 Å². The second-order valence-electron chi connectivity index (χ2n) is 6.68. The van der Waals surface area contributed by atoms with Crippen molar-refractivity contribution >= 4 is 16.9 Å². The number of nitrogens with zero attached hydrogens (tertiary/aromatic N) is 1. The lowest BCUT2D eigenvalue weighted by atomic mass is 10.1. The predicted molar refractivity (Wildman–Crippen MR) is 116 cm³/mol. The molecule has 0 atom stereocenters. The molecule has 156 valence electrons. The number of para-hydroxylation sites is 1. The third-order valence-corrected chi connectivity index (χ3v) is 4.50. The lowest BCUT2D eigenvalue weighted by molar-refractivity contribution is 0.0947. The van der Waals surface area contributed by atoms with Crippen molar-refractivity contribution in [3.8, 4) is 17.4 Å². The first-order valence-electron chi connectivity index (χ1n) is 9.79. The van der Waals surface area contributed by atoms with E-state index in [1.807, 2.05) is 25.1 Å². The number of ether oxygens (including phenoxy) is 2. The minimum absolute atomic E-state index is 0.0429. The lowest BCUT2D eigenvalue weighted by Gasteiger charge is -2.09. The van der Waals surface area contributed by atoms with E-state index in [2.05, 4.69) is 10.3 Å². The van der Waals surface area contributed by atoms with Gasteiger partial charge in [-0.2, -0.15) is 0 Å². The fourth-order valence-electron chi connectivity index (χ4n) is 3.01. The molecule has 31 heavy (non-hydrogen) atoms. The Hall–Kier alpha value is -4.13. The molecule has 1 N–H and O–H groups in total. The first-order valence-corrected chi connectivity index (χ1v) is 9.79. The van der Waals surface area contributed by atoms with E-state index in [-0.39, 0.29) is 12.1 Å². The number of nitrogens with one attached hydrogen (secondary N) is 1. The van der Waals surface area contributed by atoms with E-state index in [0.717, 1.165) is 11.3 Å². The van der Waals surface area contributed by atoms with E-state index >= 15 is 0 Å². The highest BCUT2D eigenvalue weighted by atomic mass is 16.5. The highest BCUT2D eigenvalue weighted by Crippen LogP contribution is 2.23. The van der Waals surface area contributed by atoms with E-state index in [0.29, 0.717) is 29.2 Å². The fraction of sp³-hybridized carbons (Fsp3) is 0.125. The Labute approximate surface area is 178 Å². The van der Waals surface area contributed by atoms with E-state index in [1.165, 1.54) is 6.07 Å². The molecule has 2 aromatic heterocycles. The second-order valence-corrected chi connectivity index (χ2v) is 6.68. The lowest BCUT2D eigenvalue weighted by Crippen LogP contribution is -2.27. The van der Waals surface area contributed by atoms with E-state index in [9.17, 15) is 9.59 Å². The summed E-state index contributed by atoms with van der Waals surface area (Å²) in [6.45, 7) is 2.72. The largest absolute Gasteiger partial charge is 0.494 e. The minimum atomic E-state index is -0.676. The zero-order chi connectivity index (χ0) is 21.6. The van der Waals surface area contributed by atoms with Crippen molar-refractivity contribution in [2.75, 3.05) is 6.61 Å². The number of hydrogen-bond acceptors (Lipinski definition) is 6. The number of carbonyl (C=O) groups is 1. The number of fused-ring (bicyclic) bond motifs is 1. The molecule has 0 aliphatic rings. The van der Waals surface area contributed by atoms with Crippen molar-refractivity contribution < 1.29 is 18.7 Å². The summed E-state index contributed by atoms with van der Waals surface area (Å²) in [7, 11) is 0. The molecule has 0 bridgehead atoms. The van der Waals surface area contributed by atoms with Gasteiger partial charge in [-0.15, -0.1) is 0 Å². The van der Waals surface area contributed by atoms with Crippen LogP contribution in [0.5, 0.6) is 17.4 Å². The van der Waals surface area contributed by atoms with Gasteiger partial charge < -0.3 is 19.2 Å². The van der Waals surface area contributed by atoms with Crippen LogP contribution < -0.4 is 20.4 Å². The van der Waals surface area contributed by atoms with Gasteiger partial charge in [-0.05, 0) is 55.0 Å². The maximum atomic E-state index is 12.5.